The highest BCUT2D eigenvalue weighted by molar-refractivity contribution is 6.17. The van der Waals surface area contributed by atoms with E-state index in [1.165, 1.54) is 0 Å². The fourth-order valence-corrected chi connectivity index (χ4v) is 1.79. The Morgan fingerprint density at radius 1 is 1.44 bits per heavy atom. The monoisotopic (exact) mass is 277 g/mol. The summed E-state index contributed by atoms with van der Waals surface area (Å²) in [5.74, 6) is -1.74. The number of hydrogen-bond acceptors (Lipinski definition) is 2. The number of hydrogen-bond donors (Lipinski definition) is 1. The Morgan fingerprint density at radius 2 is 2.06 bits per heavy atom. The van der Waals surface area contributed by atoms with E-state index in [1.54, 1.807) is 6.07 Å². The average molecular weight is 278 g/mol. The second kappa shape index (κ2) is 5.27. The topological polar surface area (TPSA) is 61.1 Å². The molecule has 0 aliphatic rings. The number of rotatable bonds is 3. The number of benzene rings is 1. The van der Waals surface area contributed by atoms with E-state index in [-0.39, 0.29) is 16.7 Å². The minimum absolute atomic E-state index is 0.0831. The molecule has 7 heteroatoms. The third-order valence-electron chi connectivity index (χ3n) is 2.22. The van der Waals surface area contributed by atoms with Crippen LogP contribution in [0.5, 0.6) is 0 Å². The average Bonchev–Trinajstić information content (AvgIpc) is 2.25. The molecule has 1 rings (SSSR count). The van der Waals surface area contributed by atoms with Crippen molar-refractivity contribution in [2.24, 2.45) is 0 Å². The van der Waals surface area contributed by atoms with Crippen molar-refractivity contribution in [3.63, 3.8) is 0 Å². The molecule has 1 aromatic carbocycles. The van der Waals surface area contributed by atoms with Crippen molar-refractivity contribution in [2.45, 2.75) is 18.5 Å². The standard InChI is InChI=1S/C11H7ClF3NO2/c12-4-8-7(5-16)1-6(3-10(17)18)2-9(8)11(13,14)15/h1-2H,3-4H2,(H,17,18). The number of aliphatic carboxylic acids is 1. The molecule has 3 nitrogen and oxygen atoms in total. The van der Waals surface area contributed by atoms with Gasteiger partial charge in [-0.3, -0.25) is 4.79 Å². The molecule has 1 N–H and O–H groups in total. The number of nitriles is 1. The molecule has 0 saturated heterocycles. The molecule has 1 aromatic rings. The van der Waals surface area contributed by atoms with Gasteiger partial charge in [0.25, 0.3) is 0 Å². The Labute approximate surface area is 105 Å². The van der Waals surface area contributed by atoms with Crippen LogP contribution >= 0.6 is 11.6 Å². The lowest BCUT2D eigenvalue weighted by atomic mass is 9.97. The van der Waals surface area contributed by atoms with Crippen LogP contribution in [0.3, 0.4) is 0 Å². The molecule has 0 saturated carbocycles. The summed E-state index contributed by atoms with van der Waals surface area (Å²) in [6, 6.07) is 3.42. The molecule has 0 fully saturated rings. The van der Waals surface area contributed by atoms with Gasteiger partial charge >= 0.3 is 12.1 Å². The summed E-state index contributed by atoms with van der Waals surface area (Å²) in [6.45, 7) is 0. The van der Waals surface area contributed by atoms with E-state index >= 15 is 0 Å². The first-order valence-corrected chi connectivity index (χ1v) is 5.24. The zero-order valence-electron chi connectivity index (χ0n) is 8.88. The van der Waals surface area contributed by atoms with Gasteiger partial charge in [-0.2, -0.15) is 18.4 Å². The molecule has 0 aliphatic carbocycles. The SMILES string of the molecule is N#Cc1cc(CC(=O)O)cc(C(F)(F)F)c1CCl. The van der Waals surface area contributed by atoms with Crippen LogP contribution in [0.1, 0.15) is 22.3 Å². The van der Waals surface area contributed by atoms with Crippen LogP contribution in [-0.4, -0.2) is 11.1 Å². The fraction of sp³-hybridized carbons (Fsp3) is 0.273. The molecular weight excluding hydrogens is 271 g/mol. The van der Waals surface area contributed by atoms with E-state index in [9.17, 15) is 18.0 Å². The molecular formula is C11H7ClF3NO2. The third-order valence-corrected chi connectivity index (χ3v) is 2.49. The van der Waals surface area contributed by atoms with Gasteiger partial charge in [0, 0.05) is 5.88 Å². The minimum Gasteiger partial charge on any atom is -0.481 e. The van der Waals surface area contributed by atoms with E-state index < -0.39 is 30.0 Å². The summed E-state index contributed by atoms with van der Waals surface area (Å²) in [5.41, 5.74) is -1.73. The molecule has 0 aromatic heterocycles. The zero-order chi connectivity index (χ0) is 13.9. The predicted octanol–water partition coefficient (Wildman–Crippen LogP) is 2.94. The Kier molecular flexibility index (Phi) is 4.19. The number of alkyl halides is 4. The van der Waals surface area contributed by atoms with Gasteiger partial charge in [0.2, 0.25) is 0 Å². The molecule has 0 atom stereocenters. The number of carboxylic acids is 1. The van der Waals surface area contributed by atoms with Gasteiger partial charge in [-0.15, -0.1) is 11.6 Å². The number of carbonyl (C=O) groups is 1. The molecule has 0 amide bonds. The first-order chi connectivity index (χ1) is 8.29. The summed E-state index contributed by atoms with van der Waals surface area (Å²) < 4.78 is 38.3. The fourth-order valence-electron chi connectivity index (χ4n) is 1.51. The minimum atomic E-state index is -4.68. The number of halogens is 4. The second-order valence-corrected chi connectivity index (χ2v) is 3.75. The van der Waals surface area contributed by atoms with E-state index in [2.05, 4.69) is 0 Å². The Balaban J connectivity index is 3.47. The molecule has 96 valence electrons. The normalized spacial score (nSPS) is 11.1. The number of nitrogens with zero attached hydrogens (tertiary/aromatic N) is 1. The lowest BCUT2D eigenvalue weighted by Crippen LogP contribution is -2.12. The highest BCUT2D eigenvalue weighted by Crippen LogP contribution is 2.35. The van der Waals surface area contributed by atoms with Crippen LogP contribution in [0.15, 0.2) is 12.1 Å². The van der Waals surface area contributed by atoms with E-state index in [4.69, 9.17) is 22.0 Å². The molecule has 0 aliphatic heterocycles. The maximum Gasteiger partial charge on any atom is 0.416 e. The van der Waals surface area contributed by atoms with Gasteiger partial charge in [0.05, 0.1) is 23.6 Å². The van der Waals surface area contributed by atoms with Crippen LogP contribution in [0.25, 0.3) is 0 Å². The van der Waals surface area contributed by atoms with E-state index in [1.807, 2.05) is 0 Å². The van der Waals surface area contributed by atoms with Crippen molar-refractivity contribution in [2.75, 3.05) is 0 Å². The van der Waals surface area contributed by atoms with Gasteiger partial charge in [-0.1, -0.05) is 0 Å². The molecule has 0 bridgehead atoms. The maximum atomic E-state index is 12.8. The van der Waals surface area contributed by atoms with Crippen LogP contribution in [0.4, 0.5) is 13.2 Å². The van der Waals surface area contributed by atoms with Crippen molar-refractivity contribution in [3.05, 3.63) is 34.4 Å². The van der Waals surface area contributed by atoms with Crippen molar-refractivity contribution in [1.29, 1.82) is 5.26 Å². The smallest absolute Gasteiger partial charge is 0.416 e. The van der Waals surface area contributed by atoms with E-state index in [0.717, 1.165) is 6.07 Å². The summed E-state index contributed by atoms with van der Waals surface area (Å²) >= 11 is 5.41. The summed E-state index contributed by atoms with van der Waals surface area (Å²) in [5, 5.41) is 17.3. The summed E-state index contributed by atoms with van der Waals surface area (Å²) in [6.07, 6.45) is -5.26. The largest absolute Gasteiger partial charge is 0.481 e. The number of carboxylic acid groups (broad SMARTS) is 1. The summed E-state index contributed by atoms with van der Waals surface area (Å²) in [4.78, 5) is 10.5. The first-order valence-electron chi connectivity index (χ1n) is 4.70. The van der Waals surface area contributed by atoms with Gasteiger partial charge in [-0.05, 0) is 23.3 Å². The van der Waals surface area contributed by atoms with Gasteiger partial charge in [0.15, 0.2) is 0 Å². The lowest BCUT2D eigenvalue weighted by Gasteiger charge is -2.14. The Bertz CT molecular complexity index is 520. The van der Waals surface area contributed by atoms with Crippen molar-refractivity contribution in [1.82, 2.24) is 0 Å². The van der Waals surface area contributed by atoms with Gasteiger partial charge in [0.1, 0.15) is 0 Å². The zero-order valence-corrected chi connectivity index (χ0v) is 9.64. The quantitative estimate of drug-likeness (QED) is 0.864. The first kappa shape index (κ1) is 14.3. The van der Waals surface area contributed by atoms with Crippen LogP contribution in [0.2, 0.25) is 0 Å². The lowest BCUT2D eigenvalue weighted by molar-refractivity contribution is -0.139. The van der Waals surface area contributed by atoms with Crippen molar-refractivity contribution >= 4 is 17.6 Å². The van der Waals surface area contributed by atoms with E-state index in [0.29, 0.717) is 6.07 Å². The Morgan fingerprint density at radius 3 is 2.44 bits per heavy atom. The molecule has 0 heterocycles. The summed E-state index contributed by atoms with van der Waals surface area (Å²) in [7, 11) is 0. The van der Waals surface area contributed by atoms with Crippen molar-refractivity contribution < 1.29 is 23.1 Å². The highest BCUT2D eigenvalue weighted by atomic mass is 35.5. The molecule has 18 heavy (non-hydrogen) atoms. The molecule has 0 unspecified atom stereocenters. The van der Waals surface area contributed by atoms with Gasteiger partial charge in [-0.25, -0.2) is 0 Å². The maximum absolute atomic E-state index is 12.8. The van der Waals surface area contributed by atoms with Crippen LogP contribution in [-0.2, 0) is 23.3 Å². The van der Waals surface area contributed by atoms with Crippen LogP contribution in [0, 0.1) is 11.3 Å². The van der Waals surface area contributed by atoms with Gasteiger partial charge < -0.3 is 5.11 Å². The third kappa shape index (κ3) is 3.14. The Hall–Kier alpha value is -1.74. The van der Waals surface area contributed by atoms with Crippen molar-refractivity contribution in [3.8, 4) is 6.07 Å². The molecule has 0 radical (unpaired) electrons. The second-order valence-electron chi connectivity index (χ2n) is 3.48. The predicted molar refractivity (Wildman–Crippen MR) is 57.1 cm³/mol. The highest BCUT2D eigenvalue weighted by Gasteiger charge is 2.34. The molecule has 0 spiro atoms. The van der Waals surface area contributed by atoms with Crippen LogP contribution < -0.4 is 0 Å².